The third-order valence-electron chi connectivity index (χ3n) is 6.56. The summed E-state index contributed by atoms with van der Waals surface area (Å²) in [5, 5.41) is 3.70. The van der Waals surface area contributed by atoms with Crippen LogP contribution in [0.3, 0.4) is 0 Å². The molecule has 0 aromatic heterocycles. The fourth-order valence-electron chi connectivity index (χ4n) is 4.84. The summed E-state index contributed by atoms with van der Waals surface area (Å²) in [6, 6.07) is 6.33. The highest BCUT2D eigenvalue weighted by molar-refractivity contribution is 5.81. The van der Waals surface area contributed by atoms with Gasteiger partial charge in [-0.3, -0.25) is 4.79 Å². The van der Waals surface area contributed by atoms with Crippen LogP contribution in [0.2, 0.25) is 0 Å². The van der Waals surface area contributed by atoms with Crippen LogP contribution in [0.15, 0.2) is 30.3 Å². The summed E-state index contributed by atoms with van der Waals surface area (Å²) in [6.45, 7) is 10.6. The Balaban J connectivity index is 0.000000970. The highest BCUT2D eigenvalue weighted by atomic mass is 19.4. The molecule has 2 fully saturated rings. The van der Waals surface area contributed by atoms with Gasteiger partial charge in [0.2, 0.25) is 5.91 Å². The summed E-state index contributed by atoms with van der Waals surface area (Å²) in [6.07, 6.45) is 3.01. The summed E-state index contributed by atoms with van der Waals surface area (Å²) < 4.78 is 44.3. The van der Waals surface area contributed by atoms with Gasteiger partial charge in [-0.05, 0) is 61.8 Å². The van der Waals surface area contributed by atoms with E-state index in [0.717, 1.165) is 57.0 Å². The SMILES string of the molecule is CC.CC.O=C(C1CCC(NC2CCOCC2)C1)N1CC=C(c2cccc(C(F)(F)F)c2)CC1. The van der Waals surface area contributed by atoms with Gasteiger partial charge >= 0.3 is 6.18 Å². The minimum Gasteiger partial charge on any atom is -0.381 e. The number of alkyl halides is 3. The monoisotopic (exact) mass is 482 g/mol. The first-order chi connectivity index (χ1) is 16.4. The maximum atomic E-state index is 13.0. The molecule has 0 spiro atoms. The Morgan fingerprint density at radius 3 is 2.35 bits per heavy atom. The fourth-order valence-corrected chi connectivity index (χ4v) is 4.84. The molecule has 1 aliphatic carbocycles. The first-order valence-corrected chi connectivity index (χ1v) is 12.9. The zero-order valence-electron chi connectivity index (χ0n) is 21.1. The van der Waals surface area contributed by atoms with Crippen molar-refractivity contribution in [2.45, 2.75) is 84.5 Å². The number of hydrogen-bond donors (Lipinski definition) is 1. The number of ether oxygens (including phenoxy) is 1. The standard InChI is InChI=1S/C23H29F3N2O2.2C2H6/c24-23(25,26)19-3-1-2-17(14-19)16-6-10-28(11-7-16)22(29)18-4-5-21(15-18)27-20-8-12-30-13-9-20;2*1-2/h1-3,6,14,18,20-21,27H,4-5,7-13,15H2;2*1-2H3. The van der Waals surface area contributed by atoms with Gasteiger partial charge in [-0.1, -0.05) is 45.9 Å². The molecule has 0 bridgehead atoms. The van der Waals surface area contributed by atoms with Crippen LogP contribution >= 0.6 is 0 Å². The van der Waals surface area contributed by atoms with Crippen molar-refractivity contribution in [3.05, 3.63) is 41.5 Å². The number of hydrogen-bond acceptors (Lipinski definition) is 3. The highest BCUT2D eigenvalue weighted by Gasteiger charge is 2.34. The molecule has 2 aliphatic heterocycles. The zero-order valence-corrected chi connectivity index (χ0v) is 21.1. The van der Waals surface area contributed by atoms with Gasteiger partial charge in [0.25, 0.3) is 0 Å². The zero-order chi connectivity index (χ0) is 25.1. The Labute approximate surface area is 202 Å². The van der Waals surface area contributed by atoms with Crippen molar-refractivity contribution in [1.82, 2.24) is 10.2 Å². The molecule has 1 N–H and O–H groups in total. The quantitative estimate of drug-likeness (QED) is 0.547. The van der Waals surface area contributed by atoms with E-state index in [0.29, 0.717) is 37.2 Å². The molecule has 4 rings (SSSR count). The van der Waals surface area contributed by atoms with Crippen molar-refractivity contribution >= 4 is 11.5 Å². The van der Waals surface area contributed by atoms with Crippen LogP contribution < -0.4 is 5.32 Å². The Kier molecular flexibility index (Phi) is 11.6. The summed E-state index contributed by atoms with van der Waals surface area (Å²) in [4.78, 5) is 14.8. The van der Waals surface area contributed by atoms with Crippen molar-refractivity contribution in [1.29, 1.82) is 0 Å². The molecule has 1 saturated carbocycles. The molecule has 2 heterocycles. The van der Waals surface area contributed by atoms with E-state index in [-0.39, 0.29) is 11.8 Å². The molecule has 1 saturated heterocycles. The molecule has 1 amide bonds. The predicted octanol–water partition coefficient (Wildman–Crippen LogP) is 6.31. The summed E-state index contributed by atoms with van der Waals surface area (Å²) in [5.41, 5.74) is 0.850. The van der Waals surface area contributed by atoms with Crippen LogP contribution in [-0.4, -0.2) is 49.2 Å². The molecular formula is C27H41F3N2O2. The highest BCUT2D eigenvalue weighted by Crippen LogP contribution is 2.33. The van der Waals surface area contributed by atoms with Crippen molar-refractivity contribution in [3.63, 3.8) is 0 Å². The van der Waals surface area contributed by atoms with Gasteiger partial charge < -0.3 is 15.0 Å². The number of carbonyl (C=O) groups is 1. The Morgan fingerprint density at radius 2 is 1.74 bits per heavy atom. The van der Waals surface area contributed by atoms with E-state index in [1.54, 1.807) is 6.07 Å². The van der Waals surface area contributed by atoms with Crippen LogP contribution in [0.5, 0.6) is 0 Å². The van der Waals surface area contributed by atoms with Crippen LogP contribution in [0.1, 0.15) is 77.3 Å². The van der Waals surface area contributed by atoms with E-state index >= 15 is 0 Å². The average Bonchev–Trinajstić information content (AvgIpc) is 3.35. The third kappa shape index (κ3) is 7.84. The van der Waals surface area contributed by atoms with E-state index in [1.807, 2.05) is 38.7 Å². The van der Waals surface area contributed by atoms with E-state index < -0.39 is 11.7 Å². The Hall–Kier alpha value is -1.86. The number of amides is 1. The van der Waals surface area contributed by atoms with Crippen molar-refractivity contribution in [3.8, 4) is 0 Å². The molecule has 1 aromatic carbocycles. The van der Waals surface area contributed by atoms with Gasteiger partial charge in [0.05, 0.1) is 5.56 Å². The van der Waals surface area contributed by atoms with E-state index in [4.69, 9.17) is 4.74 Å². The van der Waals surface area contributed by atoms with Crippen molar-refractivity contribution in [2.24, 2.45) is 5.92 Å². The van der Waals surface area contributed by atoms with Gasteiger partial charge in [-0.15, -0.1) is 0 Å². The van der Waals surface area contributed by atoms with Gasteiger partial charge in [0.1, 0.15) is 0 Å². The number of carbonyl (C=O) groups excluding carboxylic acids is 1. The van der Waals surface area contributed by atoms with Crippen LogP contribution in [-0.2, 0) is 15.7 Å². The second-order valence-electron chi connectivity index (χ2n) is 8.60. The Morgan fingerprint density at radius 1 is 1.03 bits per heavy atom. The topological polar surface area (TPSA) is 41.6 Å². The summed E-state index contributed by atoms with van der Waals surface area (Å²) >= 11 is 0. The van der Waals surface area contributed by atoms with Crippen molar-refractivity contribution < 1.29 is 22.7 Å². The minimum absolute atomic E-state index is 0.0471. The number of rotatable bonds is 4. The predicted molar refractivity (Wildman–Crippen MR) is 131 cm³/mol. The van der Waals surface area contributed by atoms with Gasteiger partial charge in [0, 0.05) is 44.3 Å². The first kappa shape index (κ1) is 28.4. The fraction of sp³-hybridized carbons (Fsp3) is 0.667. The average molecular weight is 483 g/mol. The molecule has 34 heavy (non-hydrogen) atoms. The van der Waals surface area contributed by atoms with Crippen molar-refractivity contribution in [2.75, 3.05) is 26.3 Å². The molecule has 7 heteroatoms. The Bertz CT molecular complexity index is 788. The molecule has 4 nitrogen and oxygen atoms in total. The molecule has 2 atom stereocenters. The molecule has 3 aliphatic rings. The van der Waals surface area contributed by atoms with Gasteiger partial charge in [-0.2, -0.15) is 13.2 Å². The smallest absolute Gasteiger partial charge is 0.381 e. The number of nitrogens with one attached hydrogen (secondary N) is 1. The van der Waals surface area contributed by atoms with E-state index in [9.17, 15) is 18.0 Å². The van der Waals surface area contributed by atoms with Crippen LogP contribution in [0.4, 0.5) is 13.2 Å². The van der Waals surface area contributed by atoms with E-state index in [2.05, 4.69) is 5.32 Å². The number of benzene rings is 1. The lowest BCUT2D eigenvalue weighted by molar-refractivity contribution is -0.137. The number of nitrogens with zero attached hydrogens (tertiary/aromatic N) is 1. The van der Waals surface area contributed by atoms with Crippen LogP contribution in [0.25, 0.3) is 5.57 Å². The number of halogens is 3. The molecule has 0 radical (unpaired) electrons. The lowest BCUT2D eigenvalue weighted by atomic mass is 9.96. The second-order valence-corrected chi connectivity index (χ2v) is 8.60. The molecule has 192 valence electrons. The molecule has 2 unspecified atom stereocenters. The summed E-state index contributed by atoms with van der Waals surface area (Å²) in [5.74, 6) is 0.233. The van der Waals surface area contributed by atoms with E-state index in [1.165, 1.54) is 12.1 Å². The largest absolute Gasteiger partial charge is 0.416 e. The first-order valence-electron chi connectivity index (χ1n) is 12.9. The molecule has 1 aromatic rings. The van der Waals surface area contributed by atoms with Crippen LogP contribution in [0, 0.1) is 5.92 Å². The maximum Gasteiger partial charge on any atom is 0.416 e. The normalized spacial score (nSPS) is 23.3. The lowest BCUT2D eigenvalue weighted by Crippen LogP contribution is -2.42. The van der Waals surface area contributed by atoms with Gasteiger partial charge in [-0.25, -0.2) is 0 Å². The minimum atomic E-state index is -4.34. The van der Waals surface area contributed by atoms with Gasteiger partial charge in [0.15, 0.2) is 0 Å². The second kappa shape index (κ2) is 13.9. The lowest BCUT2D eigenvalue weighted by Gasteiger charge is -2.30. The maximum absolute atomic E-state index is 13.0. The summed E-state index contributed by atoms with van der Waals surface area (Å²) in [7, 11) is 0. The molecular weight excluding hydrogens is 441 g/mol. The third-order valence-corrected chi connectivity index (χ3v) is 6.56.